The number of hydrogen-bond donors (Lipinski definition) is 0. The van der Waals surface area contributed by atoms with E-state index >= 15 is 0 Å². The van der Waals surface area contributed by atoms with Crippen molar-refractivity contribution in [1.82, 2.24) is 9.88 Å². The van der Waals surface area contributed by atoms with Gasteiger partial charge in [-0.15, -0.1) is 0 Å². The molecule has 1 aliphatic heterocycles. The van der Waals surface area contributed by atoms with Gasteiger partial charge in [0.25, 0.3) is 5.88 Å². The van der Waals surface area contributed by atoms with Gasteiger partial charge in [0.1, 0.15) is 12.2 Å². The first-order chi connectivity index (χ1) is 11.2. The third-order valence-electron chi connectivity index (χ3n) is 5.00. The molecule has 0 bridgehead atoms. The van der Waals surface area contributed by atoms with Gasteiger partial charge in [0.2, 0.25) is 5.91 Å². The van der Waals surface area contributed by atoms with Gasteiger partial charge >= 0.3 is 0 Å². The lowest BCUT2D eigenvalue weighted by atomic mass is 10.1. The molecule has 0 radical (unpaired) electrons. The topological polar surface area (TPSA) is 51.7 Å². The first-order valence-corrected chi connectivity index (χ1v) is 8.40. The second-order valence-electron chi connectivity index (χ2n) is 6.66. The monoisotopic (exact) mass is 320 g/mol. The van der Waals surface area contributed by atoms with Crippen LogP contribution in [0.25, 0.3) is 0 Å². The van der Waals surface area contributed by atoms with Crippen molar-refractivity contribution in [1.29, 1.82) is 0 Å². The number of ether oxygens (including phenoxy) is 2. The van der Waals surface area contributed by atoms with Crippen molar-refractivity contribution < 1.29 is 18.7 Å². The first-order valence-electron chi connectivity index (χ1n) is 8.40. The molecule has 0 N–H and O–H groups in total. The smallest absolute Gasteiger partial charge is 0.250 e. The molecule has 23 heavy (non-hydrogen) atoms. The summed E-state index contributed by atoms with van der Waals surface area (Å²) in [5, 5.41) is 0. The molecule has 1 aromatic rings. The quantitative estimate of drug-likeness (QED) is 0.853. The largest absolute Gasteiger partial charge is 0.469 e. The standard InChI is InChI=1S/C17H21FN2O3/c18-12-2-1-7-19-17(12)23-14-6-5-13-16(14)22-9-8-20(13)15(21)10-11-3-4-11/h1-2,7,11,13-14,16H,3-6,8-10H2/t13-,14+,16+/m0/s1. The highest BCUT2D eigenvalue weighted by molar-refractivity contribution is 5.77. The molecule has 2 aliphatic carbocycles. The van der Waals surface area contributed by atoms with E-state index in [9.17, 15) is 9.18 Å². The van der Waals surface area contributed by atoms with Gasteiger partial charge in [-0.1, -0.05) is 0 Å². The van der Waals surface area contributed by atoms with Crippen LogP contribution >= 0.6 is 0 Å². The minimum absolute atomic E-state index is 0.0168. The van der Waals surface area contributed by atoms with Crippen molar-refractivity contribution in [3.05, 3.63) is 24.1 Å². The van der Waals surface area contributed by atoms with Crippen LogP contribution in [0.5, 0.6) is 5.88 Å². The highest BCUT2D eigenvalue weighted by atomic mass is 19.1. The maximum Gasteiger partial charge on any atom is 0.250 e. The molecule has 5 nitrogen and oxygen atoms in total. The van der Waals surface area contributed by atoms with Gasteiger partial charge in [-0.05, 0) is 43.7 Å². The Morgan fingerprint density at radius 1 is 1.39 bits per heavy atom. The van der Waals surface area contributed by atoms with E-state index in [-0.39, 0.29) is 30.0 Å². The number of morpholine rings is 1. The average Bonchev–Trinajstić information content (AvgIpc) is 3.28. The van der Waals surface area contributed by atoms with E-state index in [0.29, 0.717) is 25.5 Å². The Kier molecular flexibility index (Phi) is 3.93. The number of pyridine rings is 1. The maximum absolute atomic E-state index is 13.7. The Morgan fingerprint density at radius 3 is 3.04 bits per heavy atom. The summed E-state index contributed by atoms with van der Waals surface area (Å²) >= 11 is 0. The molecule has 3 fully saturated rings. The van der Waals surface area contributed by atoms with E-state index in [1.54, 1.807) is 0 Å². The van der Waals surface area contributed by atoms with Crippen LogP contribution < -0.4 is 4.74 Å². The van der Waals surface area contributed by atoms with Gasteiger partial charge in [0, 0.05) is 19.2 Å². The molecule has 0 spiro atoms. The molecule has 3 aliphatic rings. The molecule has 0 unspecified atom stereocenters. The van der Waals surface area contributed by atoms with Crippen molar-refractivity contribution >= 4 is 5.91 Å². The summed E-state index contributed by atoms with van der Waals surface area (Å²) in [4.78, 5) is 18.4. The number of nitrogens with zero attached hydrogens (tertiary/aromatic N) is 2. The Hall–Kier alpha value is -1.69. The molecule has 2 heterocycles. The summed E-state index contributed by atoms with van der Waals surface area (Å²) in [5.41, 5.74) is 0. The lowest BCUT2D eigenvalue weighted by Crippen LogP contribution is -2.54. The van der Waals surface area contributed by atoms with E-state index in [1.165, 1.54) is 31.2 Å². The Balaban J connectivity index is 1.44. The molecule has 0 aromatic carbocycles. The average molecular weight is 320 g/mol. The van der Waals surface area contributed by atoms with E-state index in [0.717, 1.165) is 12.8 Å². The van der Waals surface area contributed by atoms with Gasteiger partial charge in [-0.2, -0.15) is 0 Å². The lowest BCUT2D eigenvalue weighted by molar-refractivity contribution is -0.148. The Morgan fingerprint density at radius 2 is 2.26 bits per heavy atom. The predicted octanol–water partition coefficient (Wildman–Crippen LogP) is 2.16. The fourth-order valence-electron chi connectivity index (χ4n) is 3.64. The van der Waals surface area contributed by atoms with Gasteiger partial charge in [0.05, 0.1) is 12.6 Å². The minimum atomic E-state index is -0.464. The van der Waals surface area contributed by atoms with Crippen molar-refractivity contribution in [2.45, 2.75) is 50.4 Å². The van der Waals surface area contributed by atoms with Gasteiger partial charge in [-0.25, -0.2) is 9.37 Å². The lowest BCUT2D eigenvalue weighted by Gasteiger charge is -2.39. The van der Waals surface area contributed by atoms with Crippen LogP contribution in [0.3, 0.4) is 0 Å². The Bertz CT molecular complexity index is 593. The highest BCUT2D eigenvalue weighted by Gasteiger charge is 2.46. The van der Waals surface area contributed by atoms with E-state index in [1.807, 2.05) is 4.90 Å². The summed E-state index contributed by atoms with van der Waals surface area (Å²) < 4.78 is 25.3. The molecular formula is C17H21FN2O3. The van der Waals surface area contributed by atoms with Crippen LogP contribution in [0.15, 0.2) is 18.3 Å². The number of halogens is 1. The summed E-state index contributed by atoms with van der Waals surface area (Å²) in [6, 6.07) is 2.92. The third-order valence-corrected chi connectivity index (χ3v) is 5.00. The Labute approximate surface area is 134 Å². The first kappa shape index (κ1) is 14.9. The molecule has 1 saturated heterocycles. The number of hydrogen-bond acceptors (Lipinski definition) is 4. The van der Waals surface area contributed by atoms with Crippen LogP contribution in [0.2, 0.25) is 0 Å². The summed E-state index contributed by atoms with van der Waals surface area (Å²) in [7, 11) is 0. The maximum atomic E-state index is 13.7. The fraction of sp³-hybridized carbons (Fsp3) is 0.647. The number of fused-ring (bicyclic) bond motifs is 1. The van der Waals surface area contributed by atoms with E-state index in [2.05, 4.69) is 4.98 Å². The number of amides is 1. The zero-order chi connectivity index (χ0) is 15.8. The van der Waals surface area contributed by atoms with Crippen molar-refractivity contribution in [2.75, 3.05) is 13.2 Å². The minimum Gasteiger partial charge on any atom is -0.469 e. The van der Waals surface area contributed by atoms with E-state index < -0.39 is 5.82 Å². The predicted molar refractivity (Wildman–Crippen MR) is 80.4 cm³/mol. The molecule has 124 valence electrons. The molecular weight excluding hydrogens is 299 g/mol. The van der Waals surface area contributed by atoms with Gasteiger partial charge in [-0.3, -0.25) is 4.79 Å². The van der Waals surface area contributed by atoms with Crippen molar-refractivity contribution in [3.63, 3.8) is 0 Å². The zero-order valence-corrected chi connectivity index (χ0v) is 13.0. The molecule has 6 heteroatoms. The summed E-state index contributed by atoms with van der Waals surface area (Å²) in [5.74, 6) is 0.368. The number of aromatic nitrogens is 1. The fourth-order valence-corrected chi connectivity index (χ4v) is 3.64. The van der Waals surface area contributed by atoms with Crippen molar-refractivity contribution in [2.24, 2.45) is 5.92 Å². The molecule has 3 atom stereocenters. The van der Waals surface area contributed by atoms with Gasteiger partial charge < -0.3 is 14.4 Å². The normalized spacial score (nSPS) is 30.1. The second kappa shape index (κ2) is 6.07. The van der Waals surface area contributed by atoms with Crippen LogP contribution in [-0.4, -0.2) is 47.2 Å². The van der Waals surface area contributed by atoms with Crippen molar-refractivity contribution in [3.8, 4) is 5.88 Å². The van der Waals surface area contributed by atoms with Crippen LogP contribution in [-0.2, 0) is 9.53 Å². The highest BCUT2D eigenvalue weighted by Crippen LogP contribution is 2.36. The number of rotatable bonds is 4. The number of carbonyl (C=O) groups excluding carboxylic acids is 1. The molecule has 4 rings (SSSR count). The molecule has 1 aromatic heterocycles. The number of carbonyl (C=O) groups is 1. The zero-order valence-electron chi connectivity index (χ0n) is 13.0. The second-order valence-corrected chi connectivity index (χ2v) is 6.66. The van der Waals surface area contributed by atoms with Crippen LogP contribution in [0.1, 0.15) is 32.1 Å². The third kappa shape index (κ3) is 3.04. The summed E-state index contributed by atoms with van der Waals surface area (Å²) in [6.07, 6.45) is 5.67. The SMILES string of the molecule is O=C(CC1CC1)N1CCO[C@H]2[C@H](Oc3ncccc3F)CC[C@@H]21. The molecule has 1 amide bonds. The summed E-state index contributed by atoms with van der Waals surface area (Å²) in [6.45, 7) is 1.17. The van der Waals surface area contributed by atoms with Crippen LogP contribution in [0.4, 0.5) is 4.39 Å². The van der Waals surface area contributed by atoms with Crippen LogP contribution in [0, 0.1) is 11.7 Å². The molecule has 2 saturated carbocycles. The van der Waals surface area contributed by atoms with E-state index in [4.69, 9.17) is 9.47 Å². The van der Waals surface area contributed by atoms with Gasteiger partial charge in [0.15, 0.2) is 5.82 Å².